The Bertz CT molecular complexity index is 965. The first-order chi connectivity index (χ1) is 14.5. The van der Waals surface area contributed by atoms with E-state index in [2.05, 4.69) is 24.8 Å². The van der Waals surface area contributed by atoms with E-state index in [1.54, 1.807) is 6.08 Å². The topological polar surface area (TPSA) is 45.9 Å². The fraction of sp³-hybridized carbons (Fsp3) is 0.560. The molecule has 5 nitrogen and oxygen atoms in total. The van der Waals surface area contributed by atoms with Crippen molar-refractivity contribution in [2.24, 2.45) is 0 Å². The van der Waals surface area contributed by atoms with Gasteiger partial charge < -0.3 is 19.0 Å². The molecule has 1 amide bonds. The Morgan fingerprint density at radius 3 is 2.60 bits per heavy atom. The Morgan fingerprint density at radius 1 is 1.17 bits per heavy atom. The van der Waals surface area contributed by atoms with Gasteiger partial charge in [0.25, 0.3) is 0 Å². The van der Waals surface area contributed by atoms with Crippen LogP contribution >= 0.6 is 0 Å². The number of carbonyl (C=O) groups is 1. The number of furan rings is 1. The van der Waals surface area contributed by atoms with E-state index in [-0.39, 0.29) is 5.91 Å². The first-order valence-corrected chi connectivity index (χ1v) is 11.4. The molecule has 5 heteroatoms. The lowest BCUT2D eigenvalue weighted by molar-refractivity contribution is -0.127. The molecule has 0 radical (unpaired) electrons. The summed E-state index contributed by atoms with van der Waals surface area (Å²) in [5.74, 6) is 2.07. The number of fused-ring (bicyclic) bond motifs is 3. The average Bonchev–Trinajstić information content (AvgIpc) is 3.14. The number of benzene rings is 1. The highest BCUT2D eigenvalue weighted by Crippen LogP contribution is 2.41. The first-order valence-electron chi connectivity index (χ1n) is 11.4. The summed E-state index contributed by atoms with van der Waals surface area (Å²) in [7, 11) is 0. The van der Waals surface area contributed by atoms with Crippen molar-refractivity contribution in [2.75, 3.05) is 39.3 Å². The molecule has 1 fully saturated rings. The van der Waals surface area contributed by atoms with Gasteiger partial charge in [-0.15, -0.1) is 0 Å². The van der Waals surface area contributed by atoms with Crippen LogP contribution in [0.3, 0.4) is 0 Å². The number of amides is 1. The molecule has 4 rings (SSSR count). The van der Waals surface area contributed by atoms with Crippen LogP contribution in [0.2, 0.25) is 0 Å². The largest absolute Gasteiger partial charge is 0.493 e. The van der Waals surface area contributed by atoms with Crippen LogP contribution in [-0.4, -0.2) is 55.0 Å². The summed E-state index contributed by atoms with van der Waals surface area (Å²) in [5.41, 5.74) is 5.30. The van der Waals surface area contributed by atoms with Crippen LogP contribution in [-0.2, 0) is 17.6 Å². The van der Waals surface area contributed by atoms with Gasteiger partial charge in [0.2, 0.25) is 5.91 Å². The van der Waals surface area contributed by atoms with Crippen LogP contribution in [0.1, 0.15) is 56.1 Å². The van der Waals surface area contributed by atoms with E-state index in [4.69, 9.17) is 9.15 Å². The molecule has 0 bridgehead atoms. The molecule has 2 aliphatic rings. The van der Waals surface area contributed by atoms with E-state index < -0.39 is 0 Å². The van der Waals surface area contributed by atoms with Gasteiger partial charge in [0.05, 0.1) is 6.61 Å². The molecule has 2 heterocycles. The van der Waals surface area contributed by atoms with Crippen LogP contribution < -0.4 is 4.74 Å². The molecule has 1 aromatic carbocycles. The van der Waals surface area contributed by atoms with Crippen LogP contribution in [0.4, 0.5) is 0 Å². The maximum absolute atomic E-state index is 12.9. The van der Waals surface area contributed by atoms with Gasteiger partial charge in [-0.05, 0) is 58.2 Å². The number of ether oxygens (including phenoxy) is 1. The molecule has 0 unspecified atom stereocenters. The van der Waals surface area contributed by atoms with Gasteiger partial charge in [0, 0.05) is 60.8 Å². The number of nitrogens with zero attached hydrogens (tertiary/aromatic N) is 2. The smallest absolute Gasteiger partial charge is 0.246 e. The second kappa shape index (κ2) is 8.84. The quantitative estimate of drug-likeness (QED) is 0.677. The van der Waals surface area contributed by atoms with Gasteiger partial charge in [0.15, 0.2) is 0 Å². The van der Waals surface area contributed by atoms with Crippen LogP contribution in [0, 0.1) is 6.92 Å². The van der Waals surface area contributed by atoms with Crippen molar-refractivity contribution in [3.8, 4) is 5.75 Å². The molecule has 1 saturated heterocycles. The maximum Gasteiger partial charge on any atom is 0.246 e. The third kappa shape index (κ3) is 3.87. The maximum atomic E-state index is 12.9. The van der Waals surface area contributed by atoms with Crippen molar-refractivity contribution in [3.63, 3.8) is 0 Å². The van der Waals surface area contributed by atoms with Crippen molar-refractivity contribution >= 4 is 22.4 Å². The van der Waals surface area contributed by atoms with E-state index >= 15 is 0 Å². The van der Waals surface area contributed by atoms with Crippen molar-refractivity contribution in [3.05, 3.63) is 34.6 Å². The zero-order chi connectivity index (χ0) is 21.3. The van der Waals surface area contributed by atoms with E-state index in [9.17, 15) is 4.79 Å². The fourth-order valence-corrected chi connectivity index (χ4v) is 4.80. The SMILES string of the molecule is CCOc1c(/C(C)=C/C(=O)N2CCN(CC)CC2)cc2c3c(oc2c1C)CCCC3. The number of hydrogen-bond acceptors (Lipinski definition) is 4. The molecule has 0 saturated carbocycles. The lowest BCUT2D eigenvalue weighted by Gasteiger charge is -2.33. The second-order valence-corrected chi connectivity index (χ2v) is 8.49. The van der Waals surface area contributed by atoms with Gasteiger partial charge in [-0.3, -0.25) is 4.79 Å². The van der Waals surface area contributed by atoms with Crippen molar-refractivity contribution in [1.29, 1.82) is 0 Å². The molecular formula is C25H34N2O3. The Labute approximate surface area is 179 Å². The summed E-state index contributed by atoms with van der Waals surface area (Å²) in [6, 6.07) is 2.19. The highest BCUT2D eigenvalue weighted by atomic mass is 16.5. The predicted molar refractivity (Wildman–Crippen MR) is 121 cm³/mol. The molecule has 30 heavy (non-hydrogen) atoms. The fourth-order valence-electron chi connectivity index (χ4n) is 4.80. The first kappa shape index (κ1) is 21.0. The number of rotatable bonds is 5. The van der Waals surface area contributed by atoms with E-state index in [0.717, 1.165) is 79.4 Å². The highest BCUT2D eigenvalue weighted by Gasteiger charge is 2.24. The molecule has 2 aromatic rings. The summed E-state index contributed by atoms with van der Waals surface area (Å²) >= 11 is 0. The zero-order valence-electron chi connectivity index (χ0n) is 18.8. The Hall–Kier alpha value is -2.27. The summed E-state index contributed by atoms with van der Waals surface area (Å²) < 4.78 is 12.3. The number of aryl methyl sites for hydroxylation is 3. The van der Waals surface area contributed by atoms with Gasteiger partial charge in [-0.2, -0.15) is 0 Å². The molecule has 162 valence electrons. The molecule has 1 aliphatic heterocycles. The van der Waals surface area contributed by atoms with Crippen LogP contribution in [0.5, 0.6) is 5.75 Å². The van der Waals surface area contributed by atoms with E-state index in [1.165, 1.54) is 23.8 Å². The van der Waals surface area contributed by atoms with Gasteiger partial charge in [-0.1, -0.05) is 6.92 Å². The van der Waals surface area contributed by atoms with E-state index in [1.807, 2.05) is 18.7 Å². The van der Waals surface area contributed by atoms with E-state index in [0.29, 0.717) is 6.61 Å². The van der Waals surface area contributed by atoms with Gasteiger partial charge in [0.1, 0.15) is 17.1 Å². The van der Waals surface area contributed by atoms with Crippen LogP contribution in [0.25, 0.3) is 16.5 Å². The number of hydrogen-bond donors (Lipinski definition) is 0. The zero-order valence-corrected chi connectivity index (χ0v) is 18.8. The number of likely N-dealkylation sites (N-methyl/N-ethyl adjacent to an activating group) is 1. The minimum atomic E-state index is 0.0951. The Morgan fingerprint density at radius 2 is 1.90 bits per heavy atom. The number of carbonyl (C=O) groups excluding carboxylic acids is 1. The monoisotopic (exact) mass is 410 g/mol. The molecule has 0 spiro atoms. The summed E-state index contributed by atoms with van der Waals surface area (Å²) in [4.78, 5) is 17.3. The standard InChI is InChI=1S/C25H34N2O3/c1-5-26-11-13-27(14-12-26)23(28)15-17(3)20-16-21-19-9-7-8-10-22(19)30-25(21)18(4)24(20)29-6-2/h15-16H,5-14H2,1-4H3/b17-15+. The van der Waals surface area contributed by atoms with Crippen molar-refractivity contribution in [1.82, 2.24) is 9.80 Å². The summed E-state index contributed by atoms with van der Waals surface area (Å²) in [6.45, 7) is 13.4. The lowest BCUT2D eigenvalue weighted by atomic mass is 9.93. The normalized spacial score (nSPS) is 18.0. The predicted octanol–water partition coefficient (Wildman–Crippen LogP) is 4.59. The second-order valence-electron chi connectivity index (χ2n) is 8.49. The Balaban J connectivity index is 1.70. The highest BCUT2D eigenvalue weighted by molar-refractivity contribution is 5.98. The summed E-state index contributed by atoms with van der Waals surface area (Å²) in [5, 5.41) is 1.19. The minimum absolute atomic E-state index is 0.0951. The molecule has 0 N–H and O–H groups in total. The molecule has 1 aromatic heterocycles. The van der Waals surface area contributed by atoms with Gasteiger partial charge in [-0.25, -0.2) is 0 Å². The van der Waals surface area contributed by atoms with Gasteiger partial charge >= 0.3 is 0 Å². The molecular weight excluding hydrogens is 376 g/mol. The number of piperazine rings is 1. The summed E-state index contributed by atoms with van der Waals surface area (Å²) in [6.07, 6.45) is 6.27. The van der Waals surface area contributed by atoms with Crippen molar-refractivity contribution < 1.29 is 13.9 Å². The van der Waals surface area contributed by atoms with Crippen LogP contribution in [0.15, 0.2) is 16.6 Å². The molecule has 1 aliphatic carbocycles. The third-order valence-electron chi connectivity index (χ3n) is 6.61. The Kier molecular flexibility index (Phi) is 6.19. The third-order valence-corrected chi connectivity index (χ3v) is 6.61. The molecule has 0 atom stereocenters. The van der Waals surface area contributed by atoms with Crippen molar-refractivity contribution in [2.45, 2.75) is 53.4 Å². The lowest BCUT2D eigenvalue weighted by Crippen LogP contribution is -2.48. The number of allylic oxidation sites excluding steroid dienone is 1. The minimum Gasteiger partial charge on any atom is -0.493 e. The average molecular weight is 411 g/mol.